The number of rotatable bonds is 27. The van der Waals surface area contributed by atoms with E-state index in [-0.39, 0.29) is 0 Å². The maximum absolute atomic E-state index is 3.06. The first-order chi connectivity index (χ1) is 28.1. The van der Waals surface area contributed by atoms with Gasteiger partial charge in [-0.05, 0) is 60.0 Å². The van der Waals surface area contributed by atoms with Crippen molar-refractivity contribution in [1.29, 1.82) is 0 Å². The van der Waals surface area contributed by atoms with Crippen molar-refractivity contribution in [2.45, 2.75) is 189 Å². The van der Waals surface area contributed by atoms with Gasteiger partial charge in [-0.2, -0.15) is 0 Å². The van der Waals surface area contributed by atoms with E-state index in [0.717, 1.165) is 0 Å². The van der Waals surface area contributed by atoms with Crippen LogP contribution >= 0.6 is 16.1 Å². The molecule has 0 saturated heterocycles. The van der Waals surface area contributed by atoms with Gasteiger partial charge in [0.05, 0.1) is 16.1 Å². The lowest BCUT2D eigenvalue weighted by Gasteiger charge is -2.43. The molecule has 58 heavy (non-hydrogen) atoms. The summed E-state index contributed by atoms with van der Waals surface area (Å²) in [6.45, 7) is 24.2. The minimum atomic E-state index is -1.71. The molecule has 4 rings (SSSR count). The topological polar surface area (TPSA) is 3.24 Å². The van der Waals surface area contributed by atoms with E-state index in [9.17, 15) is 0 Å². The Morgan fingerprint density at radius 1 is 0.431 bits per heavy atom. The van der Waals surface area contributed by atoms with E-state index in [2.05, 4.69) is 171 Å². The molecule has 0 amide bonds. The number of hydrogen-bond donors (Lipinski definition) is 0. The molecule has 318 valence electrons. The van der Waals surface area contributed by atoms with Gasteiger partial charge >= 0.3 is 0 Å². The minimum absolute atomic E-state index is 0.355. The first-order valence-corrected chi connectivity index (χ1v) is 31.7. The van der Waals surface area contributed by atoms with Crippen molar-refractivity contribution in [2.24, 2.45) is 0 Å². The third-order valence-corrected chi connectivity index (χ3v) is 30.2. The van der Waals surface area contributed by atoms with Gasteiger partial charge in [0.15, 0.2) is 0 Å². The molecule has 0 aromatic heterocycles. The van der Waals surface area contributed by atoms with Crippen molar-refractivity contribution in [1.82, 2.24) is 4.44 Å². The van der Waals surface area contributed by atoms with Gasteiger partial charge in [-0.25, -0.2) is 4.44 Å². The van der Waals surface area contributed by atoms with Crippen molar-refractivity contribution in [2.75, 3.05) is 0 Å². The molecule has 0 saturated carbocycles. The number of unbranched alkanes of at least 4 members (excludes halogenated alkanes) is 6. The molecule has 0 bridgehead atoms. The van der Waals surface area contributed by atoms with Crippen LogP contribution < -0.4 is 31.6 Å². The normalized spacial score (nSPS) is 13.4. The summed E-state index contributed by atoms with van der Waals surface area (Å²) in [5.41, 5.74) is 2.85. The molecule has 1 nitrogen and oxygen atoms in total. The van der Waals surface area contributed by atoms with Crippen LogP contribution in [0.25, 0.3) is 0 Å². The van der Waals surface area contributed by atoms with Gasteiger partial charge in [-0.1, -0.05) is 262 Å². The highest BCUT2D eigenvalue weighted by Gasteiger charge is 2.39. The highest BCUT2D eigenvalue weighted by Crippen LogP contribution is 2.56. The van der Waals surface area contributed by atoms with Gasteiger partial charge in [0, 0.05) is 22.2 Å². The zero-order valence-electron chi connectivity index (χ0n) is 38.9. The van der Waals surface area contributed by atoms with Crippen LogP contribution in [0.15, 0.2) is 97.1 Å². The summed E-state index contributed by atoms with van der Waals surface area (Å²) in [6.07, 6.45) is 16.0. The minimum Gasteiger partial charge on any atom is -0.242 e. The quantitative estimate of drug-likeness (QED) is 0.0427. The first kappa shape index (κ1) is 48.8. The Labute approximate surface area is 363 Å². The Morgan fingerprint density at radius 2 is 0.741 bits per heavy atom. The number of aryl methyl sites for hydroxylation is 2. The largest absolute Gasteiger partial charge is 0.242 e. The van der Waals surface area contributed by atoms with Crippen LogP contribution in [0.1, 0.15) is 144 Å². The zero-order chi connectivity index (χ0) is 42.0. The fraction of sp³-hybridized carbons (Fsp3) is 0.547. The number of hydrogen-bond acceptors (Lipinski definition) is 1. The van der Waals surface area contributed by atoms with Gasteiger partial charge in [-0.15, -0.1) is 0 Å². The van der Waals surface area contributed by atoms with E-state index in [0.29, 0.717) is 6.04 Å². The molecule has 0 N–H and O–H groups in total. The Hall–Kier alpha value is -1.87. The second-order valence-electron chi connectivity index (χ2n) is 17.9. The Morgan fingerprint density at radius 3 is 1.02 bits per heavy atom. The van der Waals surface area contributed by atoms with E-state index in [4.69, 9.17) is 0 Å². The Bertz CT molecular complexity index is 1600. The van der Waals surface area contributed by atoms with Crippen LogP contribution in [-0.4, -0.2) is 26.6 Å². The lowest BCUT2D eigenvalue weighted by molar-refractivity contribution is 0.583. The van der Waals surface area contributed by atoms with E-state index in [1.165, 1.54) is 135 Å². The summed E-state index contributed by atoms with van der Waals surface area (Å²) in [7, 11) is -5.12. The van der Waals surface area contributed by atoms with E-state index >= 15 is 0 Å². The van der Waals surface area contributed by atoms with E-state index < -0.39 is 32.3 Å². The standard InChI is InChI=1S/C53H83NP2Si2/c1-11-17-37-57(38-18-12-2,39-19-13-3)50-33-27-31-48(43-50)55(52-35-25-23-29-46(52)9)54(45(7)8)56(53-36-26-24-30-47(53)10)49-32-28-34-51(44-49)58(40-20-14-4,41-21-15-5)42-22-16-6/h23-36,43-45H,11-22,37-42H2,1-10H3. The first-order valence-electron chi connectivity index (χ1n) is 23.9. The molecule has 4 aromatic rings. The van der Waals surface area contributed by atoms with Crippen LogP contribution in [0.5, 0.6) is 0 Å². The zero-order valence-corrected chi connectivity index (χ0v) is 42.7. The number of nitrogens with zero attached hydrogens (tertiary/aromatic N) is 1. The molecule has 2 unspecified atom stereocenters. The van der Waals surface area contributed by atoms with Gasteiger partial charge in [0.25, 0.3) is 0 Å². The molecule has 0 fully saturated rings. The predicted molar refractivity (Wildman–Crippen MR) is 274 cm³/mol. The fourth-order valence-electron chi connectivity index (χ4n) is 9.53. The predicted octanol–water partition coefficient (Wildman–Crippen LogP) is 14.5. The SMILES string of the molecule is CCCC[Si](CCCC)(CCCC)c1cccc(P(c2ccccc2C)N(C(C)C)P(c2cccc([Si](CCCC)(CCCC)CCCC)c2)c2ccccc2C)c1. The van der Waals surface area contributed by atoms with E-state index in [1.807, 2.05) is 0 Å². The third-order valence-electron chi connectivity index (χ3n) is 13.0. The van der Waals surface area contributed by atoms with Crippen molar-refractivity contribution >= 4 is 63.9 Å². The van der Waals surface area contributed by atoms with Gasteiger partial charge < -0.3 is 0 Å². The third kappa shape index (κ3) is 12.6. The van der Waals surface area contributed by atoms with Gasteiger partial charge in [-0.3, -0.25) is 0 Å². The summed E-state index contributed by atoms with van der Waals surface area (Å²) < 4.78 is 3.06. The van der Waals surface area contributed by atoms with Crippen LogP contribution in [-0.2, 0) is 0 Å². The number of benzene rings is 4. The van der Waals surface area contributed by atoms with Gasteiger partial charge in [0.1, 0.15) is 0 Å². The highest BCUT2D eigenvalue weighted by molar-refractivity contribution is 7.84. The second kappa shape index (κ2) is 25.2. The summed E-state index contributed by atoms with van der Waals surface area (Å²) in [4.78, 5) is 0. The fourth-order valence-corrected chi connectivity index (χ4v) is 27.6. The van der Waals surface area contributed by atoms with Gasteiger partial charge in [0.2, 0.25) is 0 Å². The van der Waals surface area contributed by atoms with Crippen molar-refractivity contribution < 1.29 is 0 Å². The Kier molecular flexibility index (Phi) is 21.2. The Balaban J connectivity index is 2.06. The van der Waals surface area contributed by atoms with Crippen LogP contribution in [0.4, 0.5) is 0 Å². The molecule has 0 aliphatic rings. The lowest BCUT2D eigenvalue weighted by Crippen LogP contribution is -2.49. The molecule has 0 spiro atoms. The van der Waals surface area contributed by atoms with Crippen LogP contribution in [0.3, 0.4) is 0 Å². The molecule has 0 heterocycles. The highest BCUT2D eigenvalue weighted by atomic mass is 31.2. The second-order valence-corrected chi connectivity index (χ2v) is 31.6. The summed E-state index contributed by atoms with van der Waals surface area (Å²) in [5.74, 6) is 0. The van der Waals surface area contributed by atoms with Crippen molar-refractivity contribution in [3.05, 3.63) is 108 Å². The molecule has 5 heteroatoms. The summed E-state index contributed by atoms with van der Waals surface area (Å²) in [5, 5.41) is 9.66. The van der Waals surface area contributed by atoms with Crippen LogP contribution in [0.2, 0.25) is 36.3 Å². The molecule has 0 radical (unpaired) electrons. The monoisotopic (exact) mass is 852 g/mol. The summed E-state index contributed by atoms with van der Waals surface area (Å²) in [6, 6.07) is 48.6. The van der Waals surface area contributed by atoms with E-state index in [1.54, 1.807) is 21.0 Å². The maximum Gasteiger partial charge on any atom is 0.0867 e. The molecule has 0 aliphatic carbocycles. The van der Waals surface area contributed by atoms with Crippen LogP contribution in [0, 0.1) is 13.8 Å². The lowest BCUT2D eigenvalue weighted by atomic mass is 10.2. The molecular weight excluding hydrogens is 769 g/mol. The average Bonchev–Trinajstić information content (AvgIpc) is 3.24. The van der Waals surface area contributed by atoms with Crippen molar-refractivity contribution in [3.63, 3.8) is 0 Å². The average molecular weight is 852 g/mol. The molecule has 0 aliphatic heterocycles. The molecule has 2 atom stereocenters. The smallest absolute Gasteiger partial charge is 0.0867 e. The molecular formula is C53H83NP2Si2. The summed E-state index contributed by atoms with van der Waals surface area (Å²) >= 11 is 0. The molecule has 4 aromatic carbocycles. The van der Waals surface area contributed by atoms with Crippen molar-refractivity contribution in [3.8, 4) is 0 Å². The maximum atomic E-state index is 3.06.